The van der Waals surface area contributed by atoms with Gasteiger partial charge in [0.1, 0.15) is 5.75 Å². The van der Waals surface area contributed by atoms with E-state index in [-0.39, 0.29) is 5.41 Å². The predicted octanol–water partition coefficient (Wildman–Crippen LogP) is 3.58. The van der Waals surface area contributed by atoms with E-state index < -0.39 is 0 Å². The van der Waals surface area contributed by atoms with Crippen LogP contribution in [-0.2, 0) is 5.41 Å². The number of nitriles is 1. The van der Waals surface area contributed by atoms with Crippen LogP contribution in [0, 0.1) is 25.2 Å². The number of aryl methyl sites for hydroxylation is 2. The van der Waals surface area contributed by atoms with Crippen LogP contribution in [-0.4, -0.2) is 32.1 Å². The van der Waals surface area contributed by atoms with Gasteiger partial charge in [0.05, 0.1) is 18.1 Å². The van der Waals surface area contributed by atoms with Crippen LogP contribution in [0.25, 0.3) is 0 Å². The van der Waals surface area contributed by atoms with Gasteiger partial charge in [0.15, 0.2) is 0 Å². The minimum absolute atomic E-state index is 0.389. The molecule has 21 heavy (non-hydrogen) atoms. The van der Waals surface area contributed by atoms with Crippen molar-refractivity contribution in [2.75, 3.05) is 27.2 Å². The molecule has 0 aliphatic carbocycles. The van der Waals surface area contributed by atoms with E-state index >= 15 is 0 Å². The van der Waals surface area contributed by atoms with Crippen LogP contribution in [0.3, 0.4) is 0 Å². The first-order chi connectivity index (χ1) is 9.98. The Hall–Kier alpha value is -1.53. The third-order valence-electron chi connectivity index (χ3n) is 4.35. The van der Waals surface area contributed by atoms with Gasteiger partial charge in [-0.05, 0) is 77.4 Å². The van der Waals surface area contributed by atoms with Crippen molar-refractivity contribution in [2.24, 2.45) is 0 Å². The number of rotatable bonds is 4. The molecule has 0 radical (unpaired) electrons. The number of ether oxygens (including phenoxy) is 1. The number of hydrogen-bond donors (Lipinski definition) is 0. The van der Waals surface area contributed by atoms with Gasteiger partial charge in [0, 0.05) is 5.56 Å². The largest absolute Gasteiger partial charge is 0.493 e. The normalized spacial score (nSPS) is 21.3. The molecule has 3 heteroatoms. The second-order valence-corrected chi connectivity index (χ2v) is 6.51. The minimum atomic E-state index is -0.389. The van der Waals surface area contributed by atoms with Crippen molar-refractivity contribution in [2.45, 2.75) is 44.9 Å². The lowest BCUT2D eigenvalue weighted by atomic mass is 9.72. The topological polar surface area (TPSA) is 36.3 Å². The molecule has 0 aromatic heterocycles. The Bertz CT molecular complexity index is 545. The molecular weight excluding hydrogens is 260 g/mol. The lowest BCUT2D eigenvalue weighted by Crippen LogP contribution is -2.27. The highest BCUT2D eigenvalue weighted by Crippen LogP contribution is 2.43. The van der Waals surface area contributed by atoms with Crippen LogP contribution >= 0.6 is 0 Å². The molecule has 1 aromatic carbocycles. The van der Waals surface area contributed by atoms with E-state index in [1.165, 1.54) is 11.1 Å². The van der Waals surface area contributed by atoms with Crippen molar-refractivity contribution in [1.29, 1.82) is 5.26 Å². The van der Waals surface area contributed by atoms with Crippen LogP contribution in [0.5, 0.6) is 5.75 Å². The van der Waals surface area contributed by atoms with E-state index in [9.17, 15) is 5.26 Å². The highest BCUT2D eigenvalue weighted by molar-refractivity contribution is 5.51. The maximum absolute atomic E-state index is 9.95. The highest BCUT2D eigenvalue weighted by atomic mass is 16.5. The molecule has 0 bridgehead atoms. The van der Waals surface area contributed by atoms with Crippen molar-refractivity contribution in [3.8, 4) is 11.8 Å². The Morgan fingerprint density at radius 1 is 1.33 bits per heavy atom. The quantitative estimate of drug-likeness (QED) is 0.849. The molecular formula is C18H26N2O. The molecule has 1 unspecified atom stereocenters. The van der Waals surface area contributed by atoms with Crippen LogP contribution in [0.1, 0.15) is 42.4 Å². The highest BCUT2D eigenvalue weighted by Gasteiger charge is 2.37. The van der Waals surface area contributed by atoms with Crippen LogP contribution in [0.2, 0.25) is 0 Å². The molecule has 0 fully saturated rings. The fraction of sp³-hybridized carbons (Fsp3) is 0.611. The Balaban J connectivity index is 2.40. The number of hydrogen-bond acceptors (Lipinski definition) is 3. The Morgan fingerprint density at radius 2 is 2.10 bits per heavy atom. The summed E-state index contributed by atoms with van der Waals surface area (Å²) in [6.45, 7) is 5.93. The van der Waals surface area contributed by atoms with Gasteiger partial charge in [-0.25, -0.2) is 0 Å². The summed E-state index contributed by atoms with van der Waals surface area (Å²) < 4.78 is 5.93. The van der Waals surface area contributed by atoms with Gasteiger partial charge < -0.3 is 9.64 Å². The molecule has 0 saturated carbocycles. The van der Waals surface area contributed by atoms with Crippen LogP contribution in [0.4, 0.5) is 0 Å². The lowest BCUT2D eigenvalue weighted by Gasteiger charge is -2.29. The molecule has 0 N–H and O–H groups in total. The summed E-state index contributed by atoms with van der Waals surface area (Å²) in [6, 6.07) is 6.91. The lowest BCUT2D eigenvalue weighted by molar-refractivity contribution is 0.312. The van der Waals surface area contributed by atoms with Crippen molar-refractivity contribution >= 4 is 0 Å². The molecule has 0 saturated heterocycles. The molecule has 1 heterocycles. The Labute approximate surface area is 128 Å². The van der Waals surface area contributed by atoms with Crippen LogP contribution in [0.15, 0.2) is 12.1 Å². The van der Waals surface area contributed by atoms with Gasteiger partial charge in [0.2, 0.25) is 0 Å². The Morgan fingerprint density at radius 3 is 2.76 bits per heavy atom. The zero-order valence-corrected chi connectivity index (χ0v) is 13.7. The molecule has 1 atom stereocenters. The SMILES string of the molecule is Cc1cc(C)c2c(c1)OCCCC2(C#N)CCCN(C)C. The maximum atomic E-state index is 9.95. The van der Waals surface area contributed by atoms with Crippen molar-refractivity contribution in [3.05, 3.63) is 28.8 Å². The van der Waals surface area contributed by atoms with Crippen molar-refractivity contribution < 1.29 is 4.74 Å². The van der Waals surface area contributed by atoms with Gasteiger partial charge in [0.25, 0.3) is 0 Å². The third kappa shape index (κ3) is 3.39. The molecule has 0 spiro atoms. The minimum Gasteiger partial charge on any atom is -0.493 e. The van der Waals surface area contributed by atoms with Gasteiger partial charge in [-0.1, -0.05) is 6.07 Å². The standard InChI is InChI=1S/C18H26N2O/c1-14-11-15(2)17-16(12-14)21-10-6-8-18(17,13-19)7-5-9-20(3)4/h11-12H,5-10H2,1-4H3. The van der Waals surface area contributed by atoms with E-state index in [2.05, 4.69) is 51.0 Å². The van der Waals surface area contributed by atoms with Crippen molar-refractivity contribution in [1.82, 2.24) is 4.90 Å². The number of benzene rings is 1. The summed E-state index contributed by atoms with van der Waals surface area (Å²) in [5.41, 5.74) is 3.14. The summed E-state index contributed by atoms with van der Waals surface area (Å²) in [4.78, 5) is 2.18. The van der Waals surface area contributed by atoms with Gasteiger partial charge in [-0.2, -0.15) is 5.26 Å². The Kier molecular flexibility index (Phi) is 4.90. The van der Waals surface area contributed by atoms with Crippen molar-refractivity contribution in [3.63, 3.8) is 0 Å². The number of nitrogens with zero attached hydrogens (tertiary/aromatic N) is 2. The van der Waals surface area contributed by atoms with Gasteiger partial charge in [-0.15, -0.1) is 0 Å². The number of fused-ring (bicyclic) bond motifs is 1. The van der Waals surface area contributed by atoms with E-state index in [0.29, 0.717) is 6.61 Å². The summed E-state index contributed by atoms with van der Waals surface area (Å²) in [5, 5.41) is 9.95. The predicted molar refractivity (Wildman–Crippen MR) is 85.7 cm³/mol. The zero-order valence-electron chi connectivity index (χ0n) is 13.7. The summed E-state index contributed by atoms with van der Waals surface area (Å²) in [5.74, 6) is 0.927. The molecule has 1 aliphatic rings. The van der Waals surface area contributed by atoms with Gasteiger partial charge in [-0.3, -0.25) is 0 Å². The van der Waals surface area contributed by atoms with E-state index in [0.717, 1.165) is 43.5 Å². The molecule has 114 valence electrons. The molecule has 2 rings (SSSR count). The van der Waals surface area contributed by atoms with E-state index in [4.69, 9.17) is 4.74 Å². The summed E-state index contributed by atoms with van der Waals surface area (Å²) >= 11 is 0. The monoisotopic (exact) mass is 286 g/mol. The maximum Gasteiger partial charge on any atom is 0.124 e. The molecule has 1 aromatic rings. The van der Waals surface area contributed by atoms with E-state index in [1.54, 1.807) is 0 Å². The fourth-order valence-corrected chi connectivity index (χ4v) is 3.45. The summed E-state index contributed by atoms with van der Waals surface area (Å²) in [7, 11) is 4.16. The third-order valence-corrected chi connectivity index (χ3v) is 4.35. The molecule has 3 nitrogen and oxygen atoms in total. The van der Waals surface area contributed by atoms with Crippen LogP contribution < -0.4 is 4.74 Å². The summed E-state index contributed by atoms with van der Waals surface area (Å²) in [6.07, 6.45) is 3.78. The fourth-order valence-electron chi connectivity index (χ4n) is 3.45. The molecule has 1 aliphatic heterocycles. The first kappa shape index (κ1) is 15.9. The van der Waals surface area contributed by atoms with Gasteiger partial charge >= 0.3 is 0 Å². The first-order valence-electron chi connectivity index (χ1n) is 7.79. The first-order valence-corrected chi connectivity index (χ1v) is 7.79. The average molecular weight is 286 g/mol. The average Bonchev–Trinajstić information content (AvgIpc) is 2.58. The zero-order chi connectivity index (χ0) is 15.5. The molecule has 0 amide bonds. The second kappa shape index (κ2) is 6.49. The smallest absolute Gasteiger partial charge is 0.124 e. The second-order valence-electron chi connectivity index (χ2n) is 6.51. The van der Waals surface area contributed by atoms with E-state index in [1.807, 2.05) is 0 Å².